The van der Waals surface area contributed by atoms with E-state index in [0.717, 1.165) is 54.6 Å². The highest BCUT2D eigenvalue weighted by molar-refractivity contribution is 7.80. The summed E-state index contributed by atoms with van der Waals surface area (Å²) < 4.78 is 0. The summed E-state index contributed by atoms with van der Waals surface area (Å²) in [6.07, 6.45) is 1.02. The molecule has 32 heavy (non-hydrogen) atoms. The summed E-state index contributed by atoms with van der Waals surface area (Å²) in [5.74, 6) is 0. The van der Waals surface area contributed by atoms with Gasteiger partial charge in [-0.1, -0.05) is 62.4 Å². The zero-order chi connectivity index (χ0) is 22.9. The molecule has 1 heterocycles. The van der Waals surface area contributed by atoms with Crippen LogP contribution in [0, 0.1) is 6.92 Å². The van der Waals surface area contributed by atoms with Gasteiger partial charge in [0, 0.05) is 18.7 Å². The molecule has 0 aliphatic carbocycles. The van der Waals surface area contributed by atoms with Gasteiger partial charge in [-0.3, -0.25) is 4.79 Å². The number of benzene rings is 2. The largest absolute Gasteiger partial charge is 0.363 e. The Kier molecular flexibility index (Phi) is 8.82. The minimum Gasteiger partial charge on any atom is -0.363 e. The average Bonchev–Trinajstić information content (AvgIpc) is 2.80. The SMILES string of the molecule is CCN(CC)CCCNC(=S)N(Cc1ccccc1)Cc1cc2cccc(C)c2[nH]c1=O. The number of aryl methyl sites for hydroxylation is 1. The highest BCUT2D eigenvalue weighted by Crippen LogP contribution is 2.16. The lowest BCUT2D eigenvalue weighted by atomic mass is 10.1. The molecule has 0 atom stereocenters. The van der Waals surface area contributed by atoms with Crippen molar-refractivity contribution in [3.8, 4) is 0 Å². The summed E-state index contributed by atoms with van der Waals surface area (Å²) in [5.41, 5.74) is 3.78. The zero-order valence-electron chi connectivity index (χ0n) is 19.4. The Labute approximate surface area is 196 Å². The van der Waals surface area contributed by atoms with E-state index in [2.05, 4.69) is 46.1 Å². The fourth-order valence-corrected chi connectivity index (χ4v) is 4.14. The normalized spacial score (nSPS) is 11.1. The minimum atomic E-state index is -0.0609. The fourth-order valence-electron chi connectivity index (χ4n) is 3.90. The highest BCUT2D eigenvalue weighted by atomic mass is 32.1. The predicted octanol–water partition coefficient (Wildman–Crippen LogP) is 4.45. The number of aromatic nitrogens is 1. The summed E-state index contributed by atoms with van der Waals surface area (Å²) in [4.78, 5) is 20.4. The third-order valence-corrected chi connectivity index (χ3v) is 6.25. The molecule has 0 aliphatic rings. The van der Waals surface area contributed by atoms with Gasteiger partial charge in [0.1, 0.15) is 0 Å². The number of thiocarbonyl (C=S) groups is 1. The van der Waals surface area contributed by atoms with Crippen molar-refractivity contribution in [2.75, 3.05) is 26.2 Å². The Morgan fingerprint density at radius 3 is 2.50 bits per heavy atom. The van der Waals surface area contributed by atoms with Crippen molar-refractivity contribution in [3.63, 3.8) is 0 Å². The molecule has 0 bridgehead atoms. The number of aromatic amines is 1. The Morgan fingerprint density at radius 1 is 1.03 bits per heavy atom. The molecule has 6 heteroatoms. The lowest BCUT2D eigenvalue weighted by Gasteiger charge is -2.26. The second kappa shape index (κ2) is 11.8. The first kappa shape index (κ1) is 24.0. The molecular formula is C26H34N4OS. The summed E-state index contributed by atoms with van der Waals surface area (Å²) in [5, 5.41) is 5.13. The van der Waals surface area contributed by atoms with Gasteiger partial charge in [-0.2, -0.15) is 0 Å². The van der Waals surface area contributed by atoms with Crippen molar-refractivity contribution in [2.24, 2.45) is 0 Å². The van der Waals surface area contributed by atoms with Crippen LogP contribution in [0.25, 0.3) is 10.9 Å². The van der Waals surface area contributed by atoms with Gasteiger partial charge in [-0.25, -0.2) is 0 Å². The van der Waals surface area contributed by atoms with E-state index in [9.17, 15) is 4.79 Å². The Bertz CT molecular complexity index is 1080. The summed E-state index contributed by atoms with van der Waals surface area (Å²) in [7, 11) is 0. The molecule has 0 spiro atoms. The predicted molar refractivity (Wildman–Crippen MR) is 138 cm³/mol. The van der Waals surface area contributed by atoms with Crippen LogP contribution >= 0.6 is 12.2 Å². The van der Waals surface area contributed by atoms with Crippen molar-refractivity contribution >= 4 is 28.2 Å². The van der Waals surface area contributed by atoms with Gasteiger partial charge in [-0.05, 0) is 67.8 Å². The number of H-pyrrole nitrogens is 1. The topological polar surface area (TPSA) is 51.4 Å². The van der Waals surface area contributed by atoms with Gasteiger partial charge in [-0.15, -0.1) is 0 Å². The van der Waals surface area contributed by atoms with E-state index in [4.69, 9.17) is 12.2 Å². The van der Waals surface area contributed by atoms with E-state index in [0.29, 0.717) is 23.8 Å². The van der Waals surface area contributed by atoms with E-state index >= 15 is 0 Å². The van der Waals surface area contributed by atoms with Crippen LogP contribution < -0.4 is 10.9 Å². The molecule has 0 radical (unpaired) electrons. The van der Waals surface area contributed by atoms with Crippen LogP contribution in [0.4, 0.5) is 0 Å². The second-order valence-electron chi connectivity index (χ2n) is 8.12. The molecule has 1 aromatic heterocycles. The summed E-state index contributed by atoms with van der Waals surface area (Å²) in [6, 6.07) is 18.3. The molecule has 0 saturated heterocycles. The smallest absolute Gasteiger partial charge is 0.253 e. The number of hydrogen-bond donors (Lipinski definition) is 2. The molecule has 0 aliphatic heterocycles. The Balaban J connectivity index is 1.76. The van der Waals surface area contributed by atoms with Crippen molar-refractivity contribution < 1.29 is 0 Å². The standard InChI is InChI=1S/C26H34N4OS/c1-4-29(5-2)16-10-15-27-26(32)30(18-21-12-7-6-8-13-21)19-23-17-22-14-9-11-20(3)24(22)28-25(23)31/h6-9,11-14,17H,4-5,10,15-16,18-19H2,1-3H3,(H,27,32)(H,28,31). The molecule has 0 amide bonds. The van der Waals surface area contributed by atoms with Gasteiger partial charge < -0.3 is 20.1 Å². The molecule has 0 unspecified atom stereocenters. The first-order valence-corrected chi connectivity index (χ1v) is 11.8. The van der Waals surface area contributed by atoms with E-state index in [1.165, 1.54) is 0 Å². The molecule has 2 aromatic carbocycles. The number of fused-ring (bicyclic) bond motifs is 1. The van der Waals surface area contributed by atoms with Gasteiger partial charge in [0.15, 0.2) is 5.11 Å². The number of hydrogen-bond acceptors (Lipinski definition) is 3. The fraction of sp³-hybridized carbons (Fsp3) is 0.385. The minimum absolute atomic E-state index is 0.0609. The quantitative estimate of drug-likeness (QED) is 0.353. The van der Waals surface area contributed by atoms with Crippen molar-refractivity contribution in [3.05, 3.63) is 81.6 Å². The van der Waals surface area contributed by atoms with Crippen LogP contribution in [0.2, 0.25) is 0 Å². The van der Waals surface area contributed by atoms with Gasteiger partial charge >= 0.3 is 0 Å². The Hall–Kier alpha value is -2.70. The number of nitrogens with zero attached hydrogens (tertiary/aromatic N) is 2. The van der Waals surface area contributed by atoms with Crippen LogP contribution in [-0.2, 0) is 13.1 Å². The maximum atomic E-state index is 12.8. The van der Waals surface area contributed by atoms with Crippen molar-refractivity contribution in [2.45, 2.75) is 40.3 Å². The van der Waals surface area contributed by atoms with Gasteiger partial charge in [0.2, 0.25) is 0 Å². The van der Waals surface area contributed by atoms with Crippen LogP contribution in [0.3, 0.4) is 0 Å². The molecule has 170 valence electrons. The molecule has 2 N–H and O–H groups in total. The van der Waals surface area contributed by atoms with Crippen LogP contribution in [0.15, 0.2) is 59.4 Å². The van der Waals surface area contributed by atoms with E-state index < -0.39 is 0 Å². The number of rotatable bonds is 10. The molecular weight excluding hydrogens is 416 g/mol. The monoisotopic (exact) mass is 450 g/mol. The van der Waals surface area contributed by atoms with E-state index in [1.54, 1.807) is 0 Å². The first-order valence-electron chi connectivity index (χ1n) is 11.4. The molecule has 3 aromatic rings. The van der Waals surface area contributed by atoms with Crippen molar-refractivity contribution in [1.29, 1.82) is 0 Å². The number of pyridine rings is 1. The van der Waals surface area contributed by atoms with Gasteiger partial charge in [0.05, 0.1) is 12.1 Å². The molecule has 0 saturated carbocycles. The average molecular weight is 451 g/mol. The van der Waals surface area contributed by atoms with E-state index in [1.807, 2.05) is 49.4 Å². The summed E-state index contributed by atoms with van der Waals surface area (Å²) in [6.45, 7) is 11.5. The van der Waals surface area contributed by atoms with Crippen LogP contribution in [0.1, 0.15) is 37.0 Å². The maximum absolute atomic E-state index is 12.8. The van der Waals surface area contributed by atoms with E-state index in [-0.39, 0.29) is 5.56 Å². The Morgan fingerprint density at radius 2 is 1.78 bits per heavy atom. The third kappa shape index (κ3) is 6.40. The molecule has 5 nitrogen and oxygen atoms in total. The summed E-state index contributed by atoms with van der Waals surface area (Å²) >= 11 is 5.76. The molecule has 0 fully saturated rings. The van der Waals surface area contributed by atoms with Crippen LogP contribution in [-0.4, -0.2) is 46.1 Å². The first-order chi connectivity index (χ1) is 15.5. The zero-order valence-corrected chi connectivity index (χ0v) is 20.2. The third-order valence-electron chi connectivity index (χ3n) is 5.85. The number of nitrogens with one attached hydrogen (secondary N) is 2. The lowest BCUT2D eigenvalue weighted by molar-refractivity contribution is 0.299. The van der Waals surface area contributed by atoms with Crippen LogP contribution in [0.5, 0.6) is 0 Å². The lowest BCUT2D eigenvalue weighted by Crippen LogP contribution is -2.41. The van der Waals surface area contributed by atoms with Crippen molar-refractivity contribution in [1.82, 2.24) is 20.1 Å². The number of para-hydroxylation sites is 1. The second-order valence-corrected chi connectivity index (χ2v) is 8.50. The highest BCUT2D eigenvalue weighted by Gasteiger charge is 2.14. The maximum Gasteiger partial charge on any atom is 0.253 e. The molecule has 3 rings (SSSR count). The van der Waals surface area contributed by atoms with Gasteiger partial charge in [0.25, 0.3) is 5.56 Å².